The molecule has 4 heteroatoms. The van der Waals surface area contributed by atoms with Crippen molar-refractivity contribution in [2.75, 3.05) is 0 Å². The zero-order valence-electron chi connectivity index (χ0n) is 7.50. The molecule has 0 bridgehead atoms. The lowest BCUT2D eigenvalue weighted by molar-refractivity contribution is 0.0691. The van der Waals surface area contributed by atoms with Gasteiger partial charge < -0.3 is 10.1 Å². The number of carboxylic acids is 1. The van der Waals surface area contributed by atoms with Crippen molar-refractivity contribution >= 4 is 11.8 Å². The second-order valence-electron chi connectivity index (χ2n) is 3.13. The molecule has 0 aliphatic carbocycles. The van der Waals surface area contributed by atoms with Crippen molar-refractivity contribution in [3.8, 4) is 0 Å². The molecule has 0 spiro atoms. The van der Waals surface area contributed by atoms with Crippen LogP contribution in [0.5, 0.6) is 0 Å². The Kier molecular flexibility index (Phi) is 2.51. The fourth-order valence-electron chi connectivity index (χ4n) is 0.993. The van der Waals surface area contributed by atoms with E-state index >= 15 is 0 Å². The van der Waals surface area contributed by atoms with E-state index in [1.54, 1.807) is 13.8 Å². The molecule has 0 aromatic carbocycles. The smallest absolute Gasteiger partial charge is 0.352 e. The Hall–Kier alpha value is -1.58. The predicted molar refractivity (Wildman–Crippen MR) is 46.9 cm³/mol. The summed E-state index contributed by atoms with van der Waals surface area (Å²) in [6.45, 7) is 3.55. The molecule has 13 heavy (non-hydrogen) atoms. The Morgan fingerprint density at radius 3 is 2.46 bits per heavy atom. The number of nitrogens with one attached hydrogen (secondary N) is 1. The number of Topliss-reactive ketones (excluding diaryl/α,β-unsaturated/α-hetero) is 1. The molecular formula is C9H11NO3. The van der Waals surface area contributed by atoms with Crippen LogP contribution in [0.15, 0.2) is 12.3 Å². The van der Waals surface area contributed by atoms with Gasteiger partial charge in [-0.3, -0.25) is 4.79 Å². The third-order valence-electron chi connectivity index (χ3n) is 1.72. The number of carboxylic acid groups (broad SMARTS) is 1. The lowest BCUT2D eigenvalue weighted by Crippen LogP contribution is -2.05. The fourth-order valence-corrected chi connectivity index (χ4v) is 0.993. The molecule has 1 rings (SSSR count). The standard InChI is InChI=1S/C9H11NO3/c1-5(2)8(11)6-3-7(9(12)13)10-4-6/h3-5,10H,1-2H3,(H,12,13). The maximum atomic E-state index is 11.4. The van der Waals surface area contributed by atoms with Crippen molar-refractivity contribution in [3.63, 3.8) is 0 Å². The lowest BCUT2D eigenvalue weighted by atomic mass is 10.0. The summed E-state index contributed by atoms with van der Waals surface area (Å²) >= 11 is 0. The van der Waals surface area contributed by atoms with E-state index in [4.69, 9.17) is 5.11 Å². The first-order chi connectivity index (χ1) is 6.02. The van der Waals surface area contributed by atoms with Gasteiger partial charge in [-0.05, 0) is 6.07 Å². The maximum Gasteiger partial charge on any atom is 0.352 e. The van der Waals surface area contributed by atoms with E-state index in [0.717, 1.165) is 0 Å². The Morgan fingerprint density at radius 2 is 2.08 bits per heavy atom. The monoisotopic (exact) mass is 181 g/mol. The number of aromatic carboxylic acids is 1. The second-order valence-corrected chi connectivity index (χ2v) is 3.13. The molecule has 0 aliphatic heterocycles. The summed E-state index contributed by atoms with van der Waals surface area (Å²) in [5.41, 5.74) is 0.469. The summed E-state index contributed by atoms with van der Waals surface area (Å²) in [5.74, 6) is -1.22. The molecule has 0 saturated carbocycles. The van der Waals surface area contributed by atoms with Gasteiger partial charge in [0.25, 0.3) is 0 Å². The molecule has 1 heterocycles. The van der Waals surface area contributed by atoms with E-state index in [0.29, 0.717) is 5.56 Å². The Bertz CT molecular complexity index is 338. The minimum Gasteiger partial charge on any atom is -0.477 e. The minimum atomic E-state index is -1.05. The molecule has 70 valence electrons. The summed E-state index contributed by atoms with van der Waals surface area (Å²) in [6, 6.07) is 1.35. The number of hydrogen-bond donors (Lipinski definition) is 2. The number of ketones is 1. The second kappa shape index (κ2) is 3.43. The third-order valence-corrected chi connectivity index (χ3v) is 1.72. The maximum absolute atomic E-state index is 11.4. The fraction of sp³-hybridized carbons (Fsp3) is 0.333. The molecule has 0 aliphatic rings. The highest BCUT2D eigenvalue weighted by Crippen LogP contribution is 2.09. The van der Waals surface area contributed by atoms with Crippen molar-refractivity contribution in [3.05, 3.63) is 23.5 Å². The highest BCUT2D eigenvalue weighted by Gasteiger charge is 2.14. The molecular weight excluding hydrogens is 170 g/mol. The van der Waals surface area contributed by atoms with Gasteiger partial charge in [0.05, 0.1) is 0 Å². The third kappa shape index (κ3) is 1.96. The molecule has 2 N–H and O–H groups in total. The first kappa shape index (κ1) is 9.51. The largest absolute Gasteiger partial charge is 0.477 e. The van der Waals surface area contributed by atoms with E-state index in [9.17, 15) is 9.59 Å². The van der Waals surface area contributed by atoms with Gasteiger partial charge in [-0.15, -0.1) is 0 Å². The van der Waals surface area contributed by atoms with Crippen molar-refractivity contribution in [1.82, 2.24) is 4.98 Å². The van der Waals surface area contributed by atoms with Crippen LogP contribution >= 0.6 is 0 Å². The van der Waals surface area contributed by atoms with Gasteiger partial charge in [-0.1, -0.05) is 13.8 Å². The summed E-state index contributed by atoms with van der Waals surface area (Å²) < 4.78 is 0. The van der Waals surface area contributed by atoms with Crippen LogP contribution in [0, 0.1) is 5.92 Å². The first-order valence-corrected chi connectivity index (χ1v) is 3.98. The van der Waals surface area contributed by atoms with E-state index < -0.39 is 5.97 Å². The molecule has 0 fully saturated rings. The number of rotatable bonds is 3. The number of carbonyl (C=O) groups excluding carboxylic acids is 1. The van der Waals surface area contributed by atoms with Crippen LogP contribution in [0.3, 0.4) is 0 Å². The Labute approximate surface area is 75.6 Å². The number of hydrogen-bond acceptors (Lipinski definition) is 2. The lowest BCUT2D eigenvalue weighted by Gasteiger charge is -1.98. The zero-order chi connectivity index (χ0) is 10.0. The van der Waals surface area contributed by atoms with Gasteiger partial charge >= 0.3 is 5.97 Å². The van der Waals surface area contributed by atoms with E-state index in [1.807, 2.05) is 0 Å². The molecule has 1 aromatic heterocycles. The molecule has 0 atom stereocenters. The van der Waals surface area contributed by atoms with Crippen LogP contribution < -0.4 is 0 Å². The summed E-state index contributed by atoms with van der Waals surface area (Å²) in [4.78, 5) is 24.4. The van der Waals surface area contributed by atoms with Gasteiger partial charge in [0.15, 0.2) is 5.78 Å². The average molecular weight is 181 g/mol. The highest BCUT2D eigenvalue weighted by atomic mass is 16.4. The number of aromatic amines is 1. The van der Waals surface area contributed by atoms with E-state index in [2.05, 4.69) is 4.98 Å². The summed E-state index contributed by atoms with van der Waals surface area (Å²) in [7, 11) is 0. The Balaban J connectivity index is 2.92. The molecule has 0 amide bonds. The van der Waals surface area contributed by atoms with Crippen molar-refractivity contribution in [1.29, 1.82) is 0 Å². The minimum absolute atomic E-state index is 0.0454. The number of carbonyl (C=O) groups is 2. The van der Waals surface area contributed by atoms with Gasteiger partial charge in [-0.25, -0.2) is 4.79 Å². The van der Waals surface area contributed by atoms with Crippen molar-refractivity contribution in [2.45, 2.75) is 13.8 Å². The van der Waals surface area contributed by atoms with Crippen LogP contribution in [0.4, 0.5) is 0 Å². The zero-order valence-corrected chi connectivity index (χ0v) is 7.50. The molecule has 0 saturated heterocycles. The highest BCUT2D eigenvalue weighted by molar-refractivity contribution is 5.99. The van der Waals surface area contributed by atoms with E-state index in [1.165, 1.54) is 12.3 Å². The molecule has 0 unspecified atom stereocenters. The normalized spacial score (nSPS) is 10.4. The van der Waals surface area contributed by atoms with E-state index in [-0.39, 0.29) is 17.4 Å². The quantitative estimate of drug-likeness (QED) is 0.695. The number of H-pyrrole nitrogens is 1. The SMILES string of the molecule is CC(C)C(=O)c1c[nH]c(C(=O)O)c1. The van der Waals surface area contributed by atoms with Crippen LogP contribution in [-0.4, -0.2) is 21.8 Å². The van der Waals surface area contributed by atoms with Gasteiger partial charge in [0, 0.05) is 17.7 Å². The van der Waals surface area contributed by atoms with Crippen molar-refractivity contribution < 1.29 is 14.7 Å². The topological polar surface area (TPSA) is 70.2 Å². The average Bonchev–Trinajstić information content (AvgIpc) is 2.50. The first-order valence-electron chi connectivity index (χ1n) is 3.98. The molecule has 4 nitrogen and oxygen atoms in total. The van der Waals surface area contributed by atoms with Crippen LogP contribution in [0.1, 0.15) is 34.7 Å². The molecule has 1 aromatic rings. The van der Waals surface area contributed by atoms with Crippen LogP contribution in [0.2, 0.25) is 0 Å². The Morgan fingerprint density at radius 1 is 1.46 bits per heavy atom. The van der Waals surface area contributed by atoms with Crippen molar-refractivity contribution in [2.24, 2.45) is 5.92 Å². The van der Waals surface area contributed by atoms with Gasteiger partial charge in [0.1, 0.15) is 5.69 Å². The molecule has 0 radical (unpaired) electrons. The predicted octanol–water partition coefficient (Wildman–Crippen LogP) is 1.55. The van der Waals surface area contributed by atoms with Gasteiger partial charge in [-0.2, -0.15) is 0 Å². The van der Waals surface area contributed by atoms with Crippen LogP contribution in [0.25, 0.3) is 0 Å². The number of aromatic nitrogens is 1. The summed E-state index contributed by atoms with van der Waals surface area (Å²) in [5, 5.41) is 8.58. The van der Waals surface area contributed by atoms with Gasteiger partial charge in [0.2, 0.25) is 0 Å². The summed E-state index contributed by atoms with van der Waals surface area (Å²) in [6.07, 6.45) is 1.42. The van der Waals surface area contributed by atoms with Crippen LogP contribution in [-0.2, 0) is 0 Å².